The van der Waals surface area contributed by atoms with Gasteiger partial charge in [-0.3, -0.25) is 4.79 Å². The molecule has 5 rings (SSSR count). The lowest BCUT2D eigenvalue weighted by Crippen LogP contribution is -2.23. The van der Waals surface area contributed by atoms with Gasteiger partial charge in [-0.2, -0.15) is 0 Å². The maximum Gasteiger partial charge on any atom is 0.212 e. The Morgan fingerprint density at radius 2 is 1.62 bits per heavy atom. The smallest absolute Gasteiger partial charge is 0.212 e. The molecule has 1 aromatic heterocycles. The van der Waals surface area contributed by atoms with Crippen LogP contribution in [0.15, 0.2) is 71.9 Å². The molecule has 0 saturated carbocycles. The number of imidazole rings is 1. The molecule has 0 amide bonds. The van der Waals surface area contributed by atoms with Crippen LogP contribution in [0.3, 0.4) is 0 Å². The summed E-state index contributed by atoms with van der Waals surface area (Å²) in [5.41, 5.74) is 4.13. The van der Waals surface area contributed by atoms with Crippen molar-refractivity contribution < 1.29 is 9.63 Å². The molecule has 29 heavy (non-hydrogen) atoms. The van der Waals surface area contributed by atoms with Crippen molar-refractivity contribution in [3.63, 3.8) is 0 Å². The lowest BCUT2D eigenvalue weighted by atomic mass is 9.87. The minimum atomic E-state index is -0.0362. The van der Waals surface area contributed by atoms with E-state index < -0.39 is 0 Å². The Bertz CT molecular complexity index is 1290. The topological polar surface area (TPSA) is 56.5 Å². The number of hydrogen-bond donors (Lipinski definition) is 0. The number of aryl methyl sites for hydroxylation is 1. The second-order valence-corrected chi connectivity index (χ2v) is 7.19. The van der Waals surface area contributed by atoms with E-state index >= 15 is 0 Å². The van der Waals surface area contributed by atoms with Crippen LogP contribution in [-0.4, -0.2) is 21.0 Å². The Hall–Kier alpha value is -3.73. The van der Waals surface area contributed by atoms with Gasteiger partial charge in [-0.05, 0) is 35.4 Å². The molecule has 5 nitrogen and oxygen atoms in total. The second kappa shape index (κ2) is 6.71. The van der Waals surface area contributed by atoms with Crippen LogP contribution >= 0.6 is 0 Å². The molecule has 0 aliphatic heterocycles. The molecule has 3 aromatic carbocycles. The van der Waals surface area contributed by atoms with E-state index in [-0.39, 0.29) is 5.78 Å². The summed E-state index contributed by atoms with van der Waals surface area (Å²) in [5, 5.41) is 6.51. The van der Waals surface area contributed by atoms with Crippen molar-refractivity contribution in [1.82, 2.24) is 9.55 Å². The van der Waals surface area contributed by atoms with E-state index in [1.54, 1.807) is 0 Å². The summed E-state index contributed by atoms with van der Waals surface area (Å²) in [6, 6.07) is 21.8. The highest BCUT2D eigenvalue weighted by atomic mass is 16.6. The van der Waals surface area contributed by atoms with Crippen molar-refractivity contribution in [3.05, 3.63) is 101 Å². The van der Waals surface area contributed by atoms with E-state index in [4.69, 9.17) is 4.84 Å². The van der Waals surface area contributed by atoms with Crippen LogP contribution in [0.25, 0.3) is 10.8 Å². The molecule has 0 spiro atoms. The van der Waals surface area contributed by atoms with Crippen LogP contribution in [0.1, 0.15) is 38.7 Å². The van der Waals surface area contributed by atoms with Gasteiger partial charge in [0, 0.05) is 18.2 Å². The van der Waals surface area contributed by atoms with Gasteiger partial charge in [-0.1, -0.05) is 59.8 Å². The molecular weight excluding hydrogens is 362 g/mol. The molecule has 0 radical (unpaired) electrons. The van der Waals surface area contributed by atoms with Crippen LogP contribution < -0.4 is 0 Å². The second-order valence-electron chi connectivity index (χ2n) is 7.19. The largest absolute Gasteiger partial charge is 0.390 e. The van der Waals surface area contributed by atoms with Crippen molar-refractivity contribution in [1.29, 1.82) is 0 Å². The monoisotopic (exact) mass is 381 g/mol. The summed E-state index contributed by atoms with van der Waals surface area (Å²) in [6.07, 6.45) is 0. The van der Waals surface area contributed by atoms with E-state index in [0.717, 1.165) is 27.7 Å². The maximum absolute atomic E-state index is 13.3. The zero-order chi connectivity index (χ0) is 20.0. The normalized spacial score (nSPS) is 14.1. The Labute approximate surface area is 168 Å². The highest BCUT2D eigenvalue weighted by Gasteiger charge is 2.34. The molecule has 1 aliphatic rings. The molecule has 0 atom stereocenters. The van der Waals surface area contributed by atoms with Crippen LogP contribution in [0.5, 0.6) is 0 Å². The number of carbonyl (C=O) groups is 1. The van der Waals surface area contributed by atoms with Crippen molar-refractivity contribution in [2.75, 3.05) is 0 Å². The molecule has 0 saturated heterocycles. The first-order chi connectivity index (χ1) is 14.1. The summed E-state index contributed by atoms with van der Waals surface area (Å²) in [6.45, 7) is 2.23. The van der Waals surface area contributed by atoms with Crippen LogP contribution in [0.2, 0.25) is 0 Å². The van der Waals surface area contributed by atoms with Crippen molar-refractivity contribution >= 4 is 22.3 Å². The zero-order valence-electron chi connectivity index (χ0n) is 16.2. The molecule has 0 fully saturated rings. The van der Waals surface area contributed by atoms with Crippen molar-refractivity contribution in [3.8, 4) is 0 Å². The highest BCUT2D eigenvalue weighted by molar-refractivity contribution is 6.30. The molecule has 0 bridgehead atoms. The van der Waals surface area contributed by atoms with Gasteiger partial charge < -0.3 is 9.40 Å². The Balaban J connectivity index is 1.66. The number of nitrogens with zero attached hydrogens (tertiary/aromatic N) is 3. The first-order valence-corrected chi connectivity index (χ1v) is 9.49. The fourth-order valence-electron chi connectivity index (χ4n) is 3.75. The fraction of sp³-hybridized carbons (Fsp3) is 0.125. The number of aromatic nitrogens is 2. The number of ketones is 1. The fourth-order valence-corrected chi connectivity index (χ4v) is 3.75. The molecular formula is C24H19N3O2. The van der Waals surface area contributed by atoms with Crippen LogP contribution in [0, 0.1) is 6.92 Å². The van der Waals surface area contributed by atoms with Gasteiger partial charge in [0.05, 0.1) is 0 Å². The van der Waals surface area contributed by atoms with E-state index in [1.165, 1.54) is 0 Å². The zero-order valence-corrected chi connectivity index (χ0v) is 16.2. The van der Waals surface area contributed by atoms with Gasteiger partial charge in [0.2, 0.25) is 5.78 Å². The number of hydrogen-bond acceptors (Lipinski definition) is 4. The molecule has 0 unspecified atom stereocenters. The Kier molecular flexibility index (Phi) is 4.02. The van der Waals surface area contributed by atoms with E-state index in [9.17, 15) is 4.79 Å². The maximum atomic E-state index is 13.3. The van der Waals surface area contributed by atoms with Crippen LogP contribution in [-0.2, 0) is 18.5 Å². The lowest BCUT2D eigenvalue weighted by Gasteiger charge is -2.18. The van der Waals surface area contributed by atoms with E-state index in [0.29, 0.717) is 29.3 Å². The average Bonchev–Trinajstić information content (AvgIpc) is 3.04. The van der Waals surface area contributed by atoms with Gasteiger partial charge in [-0.25, -0.2) is 4.98 Å². The van der Waals surface area contributed by atoms with Crippen molar-refractivity contribution in [2.45, 2.75) is 13.5 Å². The number of oxime groups is 1. The summed E-state index contributed by atoms with van der Waals surface area (Å²) in [7, 11) is 1.85. The molecule has 4 aromatic rings. The third-order valence-corrected chi connectivity index (χ3v) is 5.37. The third kappa shape index (κ3) is 2.83. The summed E-state index contributed by atoms with van der Waals surface area (Å²) in [5.74, 6) is 0.724. The highest BCUT2D eigenvalue weighted by Crippen LogP contribution is 2.31. The Morgan fingerprint density at radius 1 is 0.966 bits per heavy atom. The predicted molar refractivity (Wildman–Crippen MR) is 112 cm³/mol. The number of fused-ring (bicyclic) bond motifs is 3. The molecule has 1 heterocycles. The quantitative estimate of drug-likeness (QED) is 0.436. The molecule has 0 N–H and O–H groups in total. The first-order valence-electron chi connectivity index (χ1n) is 9.49. The van der Waals surface area contributed by atoms with E-state index in [2.05, 4.69) is 10.1 Å². The van der Waals surface area contributed by atoms with Crippen LogP contribution in [0.4, 0.5) is 0 Å². The first kappa shape index (κ1) is 17.4. The average molecular weight is 381 g/mol. The summed E-state index contributed by atoms with van der Waals surface area (Å²) < 4.78 is 1.82. The Morgan fingerprint density at radius 3 is 2.34 bits per heavy atom. The predicted octanol–water partition coefficient (Wildman–Crippen LogP) is 4.40. The number of rotatable bonds is 3. The summed E-state index contributed by atoms with van der Waals surface area (Å²) in [4.78, 5) is 23.6. The van der Waals surface area contributed by atoms with Gasteiger partial charge >= 0.3 is 0 Å². The van der Waals surface area contributed by atoms with E-state index in [1.807, 2.05) is 85.3 Å². The number of carbonyl (C=O) groups excluding carboxylic acids is 1. The number of benzene rings is 3. The van der Waals surface area contributed by atoms with Gasteiger partial charge in [0.25, 0.3) is 0 Å². The lowest BCUT2D eigenvalue weighted by molar-refractivity contribution is 0.102. The SMILES string of the molecule is Cc1nc2c(n1C)C(=O)c1cc3ccccc3cc1/C2=N\OCc1ccccc1. The van der Waals surface area contributed by atoms with Gasteiger partial charge in [0.15, 0.2) is 0 Å². The van der Waals surface area contributed by atoms with Gasteiger partial charge in [-0.15, -0.1) is 0 Å². The summed E-state index contributed by atoms with van der Waals surface area (Å²) >= 11 is 0. The molecule has 1 aliphatic carbocycles. The molecule has 142 valence electrons. The van der Waals surface area contributed by atoms with Gasteiger partial charge in [0.1, 0.15) is 29.5 Å². The minimum absolute atomic E-state index is 0.0362. The molecule has 5 heteroatoms. The minimum Gasteiger partial charge on any atom is -0.390 e. The third-order valence-electron chi connectivity index (χ3n) is 5.37. The standard InChI is InChI=1S/C24H19N3O2/c1-15-25-22-21(26-29-14-16-8-4-3-5-9-16)19-12-17-10-6-7-11-18(17)13-20(19)24(28)23(22)27(15)2/h3-13H,14H2,1-2H3/b26-21+. The van der Waals surface area contributed by atoms with Crippen molar-refractivity contribution in [2.24, 2.45) is 12.2 Å².